The van der Waals surface area contributed by atoms with Gasteiger partial charge in [-0.2, -0.15) is 4.31 Å². The number of sulfonamides is 1. The first-order valence-corrected chi connectivity index (χ1v) is 12.8. The van der Waals surface area contributed by atoms with Gasteiger partial charge in [-0.1, -0.05) is 13.8 Å². The van der Waals surface area contributed by atoms with Crippen LogP contribution >= 0.6 is 11.3 Å². The van der Waals surface area contributed by atoms with Crippen LogP contribution in [0.3, 0.4) is 0 Å². The minimum absolute atomic E-state index is 0.163. The average molecular weight is 451 g/mol. The summed E-state index contributed by atoms with van der Waals surface area (Å²) in [4.78, 5) is 19.5. The maximum Gasteiger partial charge on any atom is 0.243 e. The molecule has 30 heavy (non-hydrogen) atoms. The van der Waals surface area contributed by atoms with Crippen LogP contribution in [-0.2, 0) is 21.2 Å². The lowest BCUT2D eigenvalue weighted by molar-refractivity contribution is -0.115. The molecule has 1 fully saturated rings. The van der Waals surface area contributed by atoms with Crippen molar-refractivity contribution in [2.75, 3.05) is 36.4 Å². The molecule has 2 heterocycles. The van der Waals surface area contributed by atoms with Gasteiger partial charge < -0.3 is 10.2 Å². The Hall–Kier alpha value is -1.97. The molecule has 1 N–H and O–H groups in total. The molecule has 1 saturated heterocycles. The third-order valence-corrected chi connectivity index (χ3v) is 8.16. The van der Waals surface area contributed by atoms with Crippen molar-refractivity contribution in [3.05, 3.63) is 34.3 Å². The first kappa shape index (κ1) is 22.7. The summed E-state index contributed by atoms with van der Waals surface area (Å²) < 4.78 is 27.4. The number of amides is 1. The highest BCUT2D eigenvalue weighted by molar-refractivity contribution is 7.89. The van der Waals surface area contributed by atoms with E-state index in [0.29, 0.717) is 18.8 Å². The van der Waals surface area contributed by atoms with Crippen LogP contribution in [0, 0.1) is 6.92 Å². The lowest BCUT2D eigenvalue weighted by Gasteiger charge is -2.31. The fourth-order valence-corrected chi connectivity index (χ4v) is 5.84. The van der Waals surface area contributed by atoms with Gasteiger partial charge in [0, 0.05) is 31.6 Å². The first-order valence-electron chi connectivity index (χ1n) is 10.4. The lowest BCUT2D eigenvalue weighted by Crippen LogP contribution is -2.32. The molecule has 1 aliphatic heterocycles. The molecule has 1 aromatic heterocycles. The molecule has 3 rings (SSSR count). The summed E-state index contributed by atoms with van der Waals surface area (Å²) in [6.07, 6.45) is 3.53. The number of piperidine rings is 1. The Balaban J connectivity index is 1.92. The third-order valence-electron chi connectivity index (χ3n) is 5.29. The highest BCUT2D eigenvalue weighted by Crippen LogP contribution is 2.32. The number of aromatic nitrogens is 1. The van der Waals surface area contributed by atoms with Crippen LogP contribution in [0.4, 0.5) is 11.4 Å². The summed E-state index contributed by atoms with van der Waals surface area (Å²) >= 11 is 1.51. The molecule has 9 heteroatoms. The van der Waals surface area contributed by atoms with Crippen molar-refractivity contribution in [1.29, 1.82) is 0 Å². The Morgan fingerprint density at radius 1 is 1.20 bits per heavy atom. The largest absolute Gasteiger partial charge is 0.370 e. The number of thiazole rings is 1. The number of benzene rings is 1. The molecule has 0 unspecified atom stereocenters. The summed E-state index contributed by atoms with van der Waals surface area (Å²) in [7, 11) is -3.61. The fraction of sp³-hybridized carbons (Fsp3) is 0.524. The van der Waals surface area contributed by atoms with Gasteiger partial charge in [-0.05, 0) is 44.4 Å². The Bertz CT molecular complexity index is 978. The summed E-state index contributed by atoms with van der Waals surface area (Å²) in [6.45, 7) is 8.15. The number of hydrogen-bond donors (Lipinski definition) is 1. The van der Waals surface area contributed by atoms with E-state index < -0.39 is 10.0 Å². The van der Waals surface area contributed by atoms with Crippen LogP contribution < -0.4 is 10.2 Å². The number of rotatable bonds is 8. The number of carbonyl (C=O) groups excluding carboxylic acids is 1. The van der Waals surface area contributed by atoms with Gasteiger partial charge in [0.1, 0.15) is 0 Å². The van der Waals surface area contributed by atoms with Gasteiger partial charge >= 0.3 is 0 Å². The van der Waals surface area contributed by atoms with Crippen LogP contribution in [-0.4, -0.2) is 49.8 Å². The maximum atomic E-state index is 13.0. The Morgan fingerprint density at radius 3 is 2.50 bits per heavy atom. The molecule has 2 aromatic rings. The van der Waals surface area contributed by atoms with Crippen LogP contribution in [0.5, 0.6) is 0 Å². The van der Waals surface area contributed by atoms with E-state index in [4.69, 9.17) is 0 Å². The van der Waals surface area contributed by atoms with Crippen molar-refractivity contribution in [3.8, 4) is 0 Å². The van der Waals surface area contributed by atoms with Gasteiger partial charge in [0.2, 0.25) is 15.9 Å². The fourth-order valence-electron chi connectivity index (χ4n) is 3.75. The van der Waals surface area contributed by atoms with E-state index in [1.54, 1.807) is 12.1 Å². The van der Waals surface area contributed by atoms with Gasteiger partial charge in [0.05, 0.1) is 33.4 Å². The molecule has 0 saturated carbocycles. The van der Waals surface area contributed by atoms with E-state index in [9.17, 15) is 13.2 Å². The molecule has 1 amide bonds. The zero-order valence-electron chi connectivity index (χ0n) is 17.8. The van der Waals surface area contributed by atoms with Gasteiger partial charge in [-0.25, -0.2) is 13.4 Å². The maximum absolute atomic E-state index is 13.0. The van der Waals surface area contributed by atoms with Crippen LogP contribution in [0.1, 0.15) is 43.8 Å². The summed E-state index contributed by atoms with van der Waals surface area (Å²) in [5, 5.41) is 5.75. The smallest absolute Gasteiger partial charge is 0.243 e. The predicted octanol–water partition coefficient (Wildman–Crippen LogP) is 3.65. The second-order valence-electron chi connectivity index (χ2n) is 7.40. The Morgan fingerprint density at radius 2 is 1.90 bits per heavy atom. The van der Waals surface area contributed by atoms with Gasteiger partial charge in [-0.15, -0.1) is 11.3 Å². The third kappa shape index (κ3) is 5.19. The van der Waals surface area contributed by atoms with E-state index in [-0.39, 0.29) is 17.2 Å². The van der Waals surface area contributed by atoms with Gasteiger partial charge in [0.25, 0.3) is 0 Å². The molecular formula is C21H30N4O3S2. The molecular weight excluding hydrogens is 420 g/mol. The number of carbonyl (C=O) groups is 1. The minimum Gasteiger partial charge on any atom is -0.370 e. The number of nitrogens with zero attached hydrogens (tertiary/aromatic N) is 3. The molecule has 0 spiro atoms. The standard InChI is InChI=1S/C21H30N4O3S2/c1-4-25(5-2)30(27,28)18-9-10-20(24-11-7-6-8-12-24)19(14-18)23-21(26)13-17-15-29-16(3)22-17/h9-10,14-15H,4-8,11-13H2,1-3H3,(H,23,26). The molecule has 7 nitrogen and oxygen atoms in total. The number of anilines is 2. The SMILES string of the molecule is CCN(CC)S(=O)(=O)c1ccc(N2CCCCC2)c(NC(=O)Cc2csc(C)n2)c1. The van der Waals surface area contributed by atoms with Crippen molar-refractivity contribution < 1.29 is 13.2 Å². The van der Waals surface area contributed by atoms with Crippen LogP contribution in [0.2, 0.25) is 0 Å². The van der Waals surface area contributed by atoms with E-state index in [0.717, 1.165) is 42.3 Å². The second kappa shape index (κ2) is 9.89. The van der Waals surface area contributed by atoms with E-state index in [1.807, 2.05) is 32.2 Å². The van der Waals surface area contributed by atoms with Gasteiger partial charge in [0.15, 0.2) is 0 Å². The zero-order chi connectivity index (χ0) is 21.7. The van der Waals surface area contributed by atoms with Crippen molar-refractivity contribution in [2.24, 2.45) is 0 Å². The number of nitrogens with one attached hydrogen (secondary N) is 1. The predicted molar refractivity (Wildman–Crippen MR) is 122 cm³/mol. The van der Waals surface area contributed by atoms with E-state index in [1.165, 1.54) is 22.1 Å². The highest BCUT2D eigenvalue weighted by atomic mass is 32.2. The van der Waals surface area contributed by atoms with E-state index in [2.05, 4.69) is 15.2 Å². The molecule has 164 valence electrons. The Labute approximate surface area is 183 Å². The van der Waals surface area contributed by atoms with Crippen molar-refractivity contribution in [2.45, 2.75) is 51.3 Å². The quantitative estimate of drug-likeness (QED) is 0.664. The van der Waals surface area contributed by atoms with Crippen LogP contribution in [0.15, 0.2) is 28.5 Å². The minimum atomic E-state index is -3.61. The topological polar surface area (TPSA) is 82.6 Å². The Kier molecular flexibility index (Phi) is 7.49. The molecule has 0 radical (unpaired) electrons. The van der Waals surface area contributed by atoms with Crippen molar-refractivity contribution in [3.63, 3.8) is 0 Å². The average Bonchev–Trinajstić information content (AvgIpc) is 3.13. The number of aryl methyl sites for hydroxylation is 1. The molecule has 1 aromatic carbocycles. The zero-order valence-corrected chi connectivity index (χ0v) is 19.5. The normalized spacial score (nSPS) is 14.9. The molecule has 0 bridgehead atoms. The van der Waals surface area contributed by atoms with Gasteiger partial charge in [-0.3, -0.25) is 4.79 Å². The van der Waals surface area contributed by atoms with E-state index >= 15 is 0 Å². The van der Waals surface area contributed by atoms with Crippen LogP contribution in [0.25, 0.3) is 0 Å². The highest BCUT2D eigenvalue weighted by Gasteiger charge is 2.24. The summed E-state index contributed by atoms with van der Waals surface area (Å²) in [5.41, 5.74) is 2.14. The molecule has 0 aliphatic carbocycles. The molecule has 1 aliphatic rings. The number of hydrogen-bond acceptors (Lipinski definition) is 6. The molecule has 0 atom stereocenters. The first-order chi connectivity index (χ1) is 14.3. The monoisotopic (exact) mass is 450 g/mol. The van der Waals surface area contributed by atoms with Crippen molar-refractivity contribution in [1.82, 2.24) is 9.29 Å². The lowest BCUT2D eigenvalue weighted by atomic mass is 10.1. The second-order valence-corrected chi connectivity index (χ2v) is 10.4. The van der Waals surface area contributed by atoms with Crippen molar-refractivity contribution >= 4 is 38.6 Å². The summed E-state index contributed by atoms with van der Waals surface area (Å²) in [5.74, 6) is -0.198. The summed E-state index contributed by atoms with van der Waals surface area (Å²) in [6, 6.07) is 5.07.